The molecule has 142 valence electrons. The van der Waals surface area contributed by atoms with Gasteiger partial charge in [0.1, 0.15) is 0 Å². The number of hydrazone groups is 1. The van der Waals surface area contributed by atoms with E-state index in [1.165, 1.54) is 0 Å². The lowest BCUT2D eigenvalue weighted by Gasteiger charge is -2.11. The van der Waals surface area contributed by atoms with Crippen LogP contribution in [0.4, 0.5) is 5.69 Å². The molecule has 28 heavy (non-hydrogen) atoms. The van der Waals surface area contributed by atoms with Crippen LogP contribution in [0.3, 0.4) is 0 Å². The van der Waals surface area contributed by atoms with Crippen LogP contribution in [0.15, 0.2) is 77.9 Å². The molecule has 5 heteroatoms. The van der Waals surface area contributed by atoms with Crippen molar-refractivity contribution in [1.82, 2.24) is 0 Å². The summed E-state index contributed by atoms with van der Waals surface area (Å²) in [6.07, 6.45) is 1.68. The smallest absolute Gasteiger partial charge is 0.343 e. The van der Waals surface area contributed by atoms with E-state index in [1.54, 1.807) is 30.5 Å². The number of carbonyl (C=O) groups is 1. The van der Waals surface area contributed by atoms with Crippen LogP contribution in [0.1, 0.15) is 28.4 Å². The zero-order valence-electron chi connectivity index (χ0n) is 15.9. The van der Waals surface area contributed by atoms with E-state index in [9.17, 15) is 4.79 Å². The van der Waals surface area contributed by atoms with Crippen molar-refractivity contribution >= 4 is 17.9 Å². The van der Waals surface area contributed by atoms with E-state index in [-0.39, 0.29) is 0 Å². The average molecular weight is 374 g/mol. The molecule has 0 heterocycles. The molecule has 0 aliphatic rings. The standard InChI is InChI=1S/C23H22N2O3/c1-3-27-22-15-18(16-24-25-20-10-5-4-6-11-20)12-13-21(22)28-23(26)19-9-7-8-17(2)14-19/h4-16,25H,3H2,1-2H3. The van der Waals surface area contributed by atoms with Crippen molar-refractivity contribution in [2.45, 2.75) is 13.8 Å². The highest BCUT2D eigenvalue weighted by Crippen LogP contribution is 2.29. The van der Waals surface area contributed by atoms with E-state index in [2.05, 4.69) is 10.5 Å². The van der Waals surface area contributed by atoms with Gasteiger partial charge in [0.25, 0.3) is 0 Å². The molecule has 0 fully saturated rings. The Morgan fingerprint density at radius 3 is 2.57 bits per heavy atom. The van der Waals surface area contributed by atoms with Crippen molar-refractivity contribution in [3.05, 3.63) is 89.5 Å². The monoisotopic (exact) mass is 374 g/mol. The van der Waals surface area contributed by atoms with E-state index in [0.29, 0.717) is 23.7 Å². The van der Waals surface area contributed by atoms with E-state index in [1.807, 2.05) is 62.4 Å². The van der Waals surface area contributed by atoms with Crippen molar-refractivity contribution in [1.29, 1.82) is 0 Å². The molecular weight excluding hydrogens is 352 g/mol. The third-order valence-electron chi connectivity index (χ3n) is 3.91. The molecule has 0 radical (unpaired) electrons. The fraction of sp³-hybridized carbons (Fsp3) is 0.130. The Balaban J connectivity index is 1.74. The zero-order chi connectivity index (χ0) is 19.8. The molecule has 0 atom stereocenters. The Kier molecular flexibility index (Phi) is 6.41. The van der Waals surface area contributed by atoms with Gasteiger partial charge in [0.2, 0.25) is 0 Å². The highest BCUT2D eigenvalue weighted by atomic mass is 16.6. The van der Waals surface area contributed by atoms with E-state index in [0.717, 1.165) is 16.8 Å². The molecule has 0 saturated carbocycles. The Bertz CT molecular complexity index is 969. The lowest BCUT2D eigenvalue weighted by atomic mass is 10.1. The summed E-state index contributed by atoms with van der Waals surface area (Å²) in [6, 6.07) is 22.3. The third kappa shape index (κ3) is 5.20. The predicted octanol–water partition coefficient (Wildman–Crippen LogP) is 5.06. The minimum atomic E-state index is -0.420. The minimum Gasteiger partial charge on any atom is -0.490 e. The number of ether oxygens (including phenoxy) is 2. The summed E-state index contributed by atoms with van der Waals surface area (Å²) >= 11 is 0. The largest absolute Gasteiger partial charge is 0.490 e. The molecule has 0 bridgehead atoms. The van der Waals surface area contributed by atoms with Gasteiger partial charge >= 0.3 is 5.97 Å². The fourth-order valence-electron chi connectivity index (χ4n) is 2.58. The van der Waals surface area contributed by atoms with Crippen LogP contribution in [0.25, 0.3) is 0 Å². The quantitative estimate of drug-likeness (QED) is 0.272. The number of nitrogens with zero attached hydrogens (tertiary/aromatic N) is 1. The van der Waals surface area contributed by atoms with Crippen LogP contribution in [0, 0.1) is 6.92 Å². The second-order valence-corrected chi connectivity index (χ2v) is 6.13. The lowest BCUT2D eigenvalue weighted by Crippen LogP contribution is -2.10. The van der Waals surface area contributed by atoms with Crippen molar-refractivity contribution in [3.63, 3.8) is 0 Å². The molecule has 0 amide bonds. The number of aryl methyl sites for hydroxylation is 1. The van der Waals surface area contributed by atoms with Gasteiger partial charge in [-0.3, -0.25) is 5.43 Å². The summed E-state index contributed by atoms with van der Waals surface area (Å²) in [7, 11) is 0. The number of benzene rings is 3. The van der Waals surface area contributed by atoms with Crippen LogP contribution in [0.5, 0.6) is 11.5 Å². The molecule has 0 aromatic heterocycles. The number of para-hydroxylation sites is 1. The molecule has 0 aliphatic heterocycles. The topological polar surface area (TPSA) is 59.9 Å². The number of hydrogen-bond donors (Lipinski definition) is 1. The van der Waals surface area contributed by atoms with Crippen LogP contribution in [-0.4, -0.2) is 18.8 Å². The first-order valence-corrected chi connectivity index (χ1v) is 9.05. The first-order chi connectivity index (χ1) is 13.7. The molecular formula is C23H22N2O3. The van der Waals surface area contributed by atoms with Gasteiger partial charge in [-0.2, -0.15) is 5.10 Å². The van der Waals surface area contributed by atoms with Gasteiger partial charge in [-0.1, -0.05) is 35.9 Å². The number of hydrogen-bond acceptors (Lipinski definition) is 5. The van der Waals surface area contributed by atoms with Gasteiger partial charge < -0.3 is 9.47 Å². The third-order valence-corrected chi connectivity index (χ3v) is 3.91. The number of carbonyl (C=O) groups excluding carboxylic acids is 1. The van der Waals surface area contributed by atoms with Crippen molar-refractivity contribution in [2.75, 3.05) is 12.0 Å². The molecule has 0 spiro atoms. The molecule has 5 nitrogen and oxygen atoms in total. The van der Waals surface area contributed by atoms with Gasteiger partial charge in [0.15, 0.2) is 11.5 Å². The highest BCUT2D eigenvalue weighted by molar-refractivity contribution is 5.91. The summed E-state index contributed by atoms with van der Waals surface area (Å²) in [5.41, 5.74) is 6.18. The summed E-state index contributed by atoms with van der Waals surface area (Å²) < 4.78 is 11.2. The Labute approximate surface area is 164 Å². The van der Waals surface area contributed by atoms with Crippen LogP contribution >= 0.6 is 0 Å². The van der Waals surface area contributed by atoms with Gasteiger partial charge in [0.05, 0.1) is 24.1 Å². The van der Waals surface area contributed by atoms with Crippen LogP contribution in [-0.2, 0) is 0 Å². The molecule has 3 rings (SSSR count). The predicted molar refractivity (Wildman–Crippen MR) is 111 cm³/mol. The molecule has 3 aromatic carbocycles. The van der Waals surface area contributed by atoms with Crippen molar-refractivity contribution < 1.29 is 14.3 Å². The fourth-order valence-corrected chi connectivity index (χ4v) is 2.58. The van der Waals surface area contributed by atoms with Crippen molar-refractivity contribution in [3.8, 4) is 11.5 Å². The maximum Gasteiger partial charge on any atom is 0.343 e. The zero-order valence-corrected chi connectivity index (χ0v) is 15.9. The van der Waals surface area contributed by atoms with E-state index >= 15 is 0 Å². The number of nitrogens with one attached hydrogen (secondary N) is 1. The molecule has 0 aliphatic carbocycles. The highest BCUT2D eigenvalue weighted by Gasteiger charge is 2.13. The van der Waals surface area contributed by atoms with E-state index in [4.69, 9.17) is 9.47 Å². The first kappa shape index (κ1) is 19.2. The van der Waals surface area contributed by atoms with E-state index < -0.39 is 5.97 Å². The summed E-state index contributed by atoms with van der Waals surface area (Å²) in [6.45, 7) is 4.27. The van der Waals surface area contributed by atoms with Crippen LogP contribution in [0.2, 0.25) is 0 Å². The molecule has 0 saturated heterocycles. The summed E-state index contributed by atoms with van der Waals surface area (Å²) in [5.74, 6) is 0.450. The van der Waals surface area contributed by atoms with Gasteiger partial charge in [-0.05, 0) is 61.9 Å². The SMILES string of the molecule is CCOc1cc(C=NNc2ccccc2)ccc1OC(=O)c1cccc(C)c1. The maximum atomic E-state index is 12.4. The Hall–Kier alpha value is -3.60. The van der Waals surface area contributed by atoms with Crippen LogP contribution < -0.4 is 14.9 Å². The van der Waals surface area contributed by atoms with Crippen molar-refractivity contribution in [2.24, 2.45) is 5.10 Å². The van der Waals surface area contributed by atoms with Gasteiger partial charge in [-0.15, -0.1) is 0 Å². The second-order valence-electron chi connectivity index (χ2n) is 6.13. The second kappa shape index (κ2) is 9.37. The normalized spacial score (nSPS) is 10.6. The maximum absolute atomic E-state index is 12.4. The Morgan fingerprint density at radius 1 is 1.00 bits per heavy atom. The van der Waals surface area contributed by atoms with Gasteiger partial charge in [-0.25, -0.2) is 4.79 Å². The number of rotatable bonds is 7. The summed E-state index contributed by atoms with van der Waals surface area (Å²) in [4.78, 5) is 12.4. The minimum absolute atomic E-state index is 0.376. The Morgan fingerprint density at radius 2 is 1.82 bits per heavy atom. The summed E-state index contributed by atoms with van der Waals surface area (Å²) in [5, 5.41) is 4.22. The molecule has 0 unspecified atom stereocenters. The number of esters is 1. The molecule has 1 N–H and O–H groups in total. The average Bonchev–Trinajstić information content (AvgIpc) is 2.71. The first-order valence-electron chi connectivity index (χ1n) is 9.05. The lowest BCUT2D eigenvalue weighted by molar-refractivity contribution is 0.0728. The number of anilines is 1. The van der Waals surface area contributed by atoms with Gasteiger partial charge in [0, 0.05) is 0 Å². The molecule has 3 aromatic rings.